The van der Waals surface area contributed by atoms with E-state index in [1.165, 1.54) is 6.92 Å². The molecule has 0 radical (unpaired) electrons. The van der Waals surface area contributed by atoms with Gasteiger partial charge in [-0.2, -0.15) is 5.26 Å². The maximum atomic E-state index is 11.1. The molecule has 0 bridgehead atoms. The van der Waals surface area contributed by atoms with Crippen LogP contribution in [0.5, 0.6) is 0 Å². The first-order chi connectivity index (χ1) is 10.6. The topological polar surface area (TPSA) is 64.9 Å². The molecule has 0 aliphatic rings. The number of nitriles is 1. The maximum absolute atomic E-state index is 11.1. The van der Waals surface area contributed by atoms with Gasteiger partial charge in [0.15, 0.2) is 0 Å². The normalized spacial score (nSPS) is 11.5. The van der Waals surface area contributed by atoms with Crippen molar-refractivity contribution in [1.29, 1.82) is 5.26 Å². The molecule has 0 heterocycles. The summed E-state index contributed by atoms with van der Waals surface area (Å²) >= 11 is 0. The lowest BCUT2D eigenvalue weighted by atomic mass is 10.1. The largest absolute Gasteiger partial charge is 0.326 e. The molecular formula is C18H19N3O. The molecule has 4 heteroatoms. The molecule has 1 atom stereocenters. The summed E-state index contributed by atoms with van der Waals surface area (Å²) in [6.45, 7) is 4.25. The lowest BCUT2D eigenvalue weighted by Crippen LogP contribution is -2.18. The third-order valence-corrected chi connectivity index (χ3v) is 3.38. The van der Waals surface area contributed by atoms with E-state index in [-0.39, 0.29) is 11.9 Å². The SMILES string of the molecule is CC(=O)Nc1cccc(C(C)NCc2cccc(C#N)c2)c1. The summed E-state index contributed by atoms with van der Waals surface area (Å²) in [5, 5.41) is 15.1. The zero-order valence-electron chi connectivity index (χ0n) is 12.8. The number of carbonyl (C=O) groups excluding carboxylic acids is 1. The highest BCUT2D eigenvalue weighted by Gasteiger charge is 2.06. The number of hydrogen-bond acceptors (Lipinski definition) is 3. The number of rotatable bonds is 5. The molecule has 0 fully saturated rings. The van der Waals surface area contributed by atoms with Crippen LogP contribution in [-0.4, -0.2) is 5.91 Å². The van der Waals surface area contributed by atoms with Crippen molar-refractivity contribution in [2.45, 2.75) is 26.4 Å². The predicted octanol–water partition coefficient (Wildman–Crippen LogP) is 3.37. The predicted molar refractivity (Wildman–Crippen MR) is 87.2 cm³/mol. The second-order valence-corrected chi connectivity index (χ2v) is 5.22. The standard InChI is InChI=1S/C18H19N3O/c1-13(17-7-4-8-18(10-17)21-14(2)22)20-12-16-6-3-5-15(9-16)11-19/h3-10,13,20H,12H2,1-2H3,(H,21,22). The minimum Gasteiger partial charge on any atom is -0.326 e. The van der Waals surface area contributed by atoms with Crippen LogP contribution in [0.25, 0.3) is 0 Å². The van der Waals surface area contributed by atoms with Crippen molar-refractivity contribution in [2.75, 3.05) is 5.32 Å². The summed E-state index contributed by atoms with van der Waals surface area (Å²) in [5.74, 6) is -0.0777. The van der Waals surface area contributed by atoms with Crippen LogP contribution in [0.2, 0.25) is 0 Å². The summed E-state index contributed by atoms with van der Waals surface area (Å²) in [4.78, 5) is 11.1. The van der Waals surface area contributed by atoms with Gasteiger partial charge in [0.2, 0.25) is 5.91 Å². The van der Waals surface area contributed by atoms with Gasteiger partial charge in [0.05, 0.1) is 11.6 Å². The van der Waals surface area contributed by atoms with Gasteiger partial charge < -0.3 is 10.6 Å². The molecule has 1 amide bonds. The van der Waals surface area contributed by atoms with Gasteiger partial charge in [-0.25, -0.2) is 0 Å². The first kappa shape index (κ1) is 15.7. The molecule has 0 aliphatic heterocycles. The van der Waals surface area contributed by atoms with Crippen molar-refractivity contribution in [3.8, 4) is 6.07 Å². The average Bonchev–Trinajstić information content (AvgIpc) is 2.52. The second-order valence-electron chi connectivity index (χ2n) is 5.22. The summed E-state index contributed by atoms with van der Waals surface area (Å²) in [6, 6.07) is 17.6. The van der Waals surface area contributed by atoms with E-state index in [0.717, 1.165) is 16.8 Å². The molecule has 2 aromatic carbocycles. The minimum atomic E-state index is -0.0777. The highest BCUT2D eigenvalue weighted by molar-refractivity contribution is 5.88. The van der Waals surface area contributed by atoms with Crippen LogP contribution in [0.15, 0.2) is 48.5 Å². The molecule has 22 heavy (non-hydrogen) atoms. The number of anilines is 1. The van der Waals surface area contributed by atoms with Gasteiger partial charge in [0.1, 0.15) is 0 Å². The molecule has 2 N–H and O–H groups in total. The second kappa shape index (κ2) is 7.39. The fraction of sp³-hybridized carbons (Fsp3) is 0.222. The van der Waals surface area contributed by atoms with E-state index in [0.29, 0.717) is 12.1 Å². The Morgan fingerprint density at radius 2 is 2.00 bits per heavy atom. The molecule has 2 aromatic rings. The van der Waals surface area contributed by atoms with Crippen LogP contribution in [0.1, 0.15) is 36.6 Å². The fourth-order valence-corrected chi connectivity index (χ4v) is 2.23. The molecule has 0 aromatic heterocycles. The van der Waals surface area contributed by atoms with Gasteiger partial charge in [0, 0.05) is 25.2 Å². The Balaban J connectivity index is 2.01. The van der Waals surface area contributed by atoms with Gasteiger partial charge in [-0.3, -0.25) is 4.79 Å². The van der Waals surface area contributed by atoms with Crippen molar-refractivity contribution < 1.29 is 4.79 Å². The highest BCUT2D eigenvalue weighted by Crippen LogP contribution is 2.18. The van der Waals surface area contributed by atoms with Gasteiger partial charge in [-0.1, -0.05) is 24.3 Å². The molecule has 112 valence electrons. The van der Waals surface area contributed by atoms with E-state index >= 15 is 0 Å². The van der Waals surface area contributed by atoms with Gasteiger partial charge in [0.25, 0.3) is 0 Å². The van der Waals surface area contributed by atoms with E-state index in [2.05, 4.69) is 23.6 Å². The molecule has 0 saturated heterocycles. The van der Waals surface area contributed by atoms with Crippen LogP contribution >= 0.6 is 0 Å². The van der Waals surface area contributed by atoms with Crippen molar-refractivity contribution in [1.82, 2.24) is 5.32 Å². The van der Waals surface area contributed by atoms with Crippen molar-refractivity contribution in [3.63, 3.8) is 0 Å². The monoisotopic (exact) mass is 293 g/mol. The summed E-state index contributed by atoms with van der Waals surface area (Å²) < 4.78 is 0. The van der Waals surface area contributed by atoms with E-state index in [9.17, 15) is 4.79 Å². The zero-order valence-corrected chi connectivity index (χ0v) is 12.8. The van der Waals surface area contributed by atoms with Gasteiger partial charge in [-0.05, 0) is 42.3 Å². The average molecular weight is 293 g/mol. The van der Waals surface area contributed by atoms with Crippen LogP contribution in [0.3, 0.4) is 0 Å². The molecule has 0 saturated carbocycles. The van der Waals surface area contributed by atoms with Gasteiger partial charge >= 0.3 is 0 Å². The van der Waals surface area contributed by atoms with Crippen LogP contribution < -0.4 is 10.6 Å². The van der Waals surface area contributed by atoms with Gasteiger partial charge in [-0.15, -0.1) is 0 Å². The molecule has 0 spiro atoms. The number of carbonyl (C=O) groups is 1. The third kappa shape index (κ3) is 4.44. The van der Waals surface area contributed by atoms with Crippen LogP contribution in [0, 0.1) is 11.3 Å². The minimum absolute atomic E-state index is 0.0777. The van der Waals surface area contributed by atoms with E-state index in [4.69, 9.17) is 5.26 Å². The smallest absolute Gasteiger partial charge is 0.221 e. The number of amides is 1. The summed E-state index contributed by atoms with van der Waals surface area (Å²) in [6.07, 6.45) is 0. The molecule has 2 rings (SSSR count). The highest BCUT2D eigenvalue weighted by atomic mass is 16.1. The first-order valence-electron chi connectivity index (χ1n) is 7.18. The number of nitrogens with zero attached hydrogens (tertiary/aromatic N) is 1. The zero-order chi connectivity index (χ0) is 15.9. The number of hydrogen-bond donors (Lipinski definition) is 2. The molecule has 4 nitrogen and oxygen atoms in total. The Morgan fingerprint density at radius 1 is 1.23 bits per heavy atom. The van der Waals surface area contributed by atoms with Crippen molar-refractivity contribution >= 4 is 11.6 Å². The Morgan fingerprint density at radius 3 is 2.73 bits per heavy atom. The van der Waals surface area contributed by atoms with E-state index in [1.54, 1.807) is 6.07 Å². The lowest BCUT2D eigenvalue weighted by Gasteiger charge is -2.15. The Hall–Kier alpha value is -2.64. The Labute approximate surface area is 130 Å². The quantitative estimate of drug-likeness (QED) is 0.888. The number of nitrogens with one attached hydrogen (secondary N) is 2. The van der Waals surface area contributed by atoms with Crippen LogP contribution in [0.4, 0.5) is 5.69 Å². The first-order valence-corrected chi connectivity index (χ1v) is 7.18. The Kier molecular flexibility index (Phi) is 5.29. The Bertz CT molecular complexity index is 703. The number of benzene rings is 2. The van der Waals surface area contributed by atoms with E-state index < -0.39 is 0 Å². The fourth-order valence-electron chi connectivity index (χ4n) is 2.23. The summed E-state index contributed by atoms with van der Waals surface area (Å²) in [5.41, 5.74) is 3.64. The van der Waals surface area contributed by atoms with Crippen molar-refractivity contribution in [2.24, 2.45) is 0 Å². The van der Waals surface area contributed by atoms with Crippen molar-refractivity contribution in [3.05, 3.63) is 65.2 Å². The third-order valence-electron chi connectivity index (χ3n) is 3.38. The summed E-state index contributed by atoms with van der Waals surface area (Å²) in [7, 11) is 0. The van der Waals surface area contributed by atoms with Crippen LogP contribution in [-0.2, 0) is 11.3 Å². The molecule has 0 aliphatic carbocycles. The van der Waals surface area contributed by atoms with E-state index in [1.807, 2.05) is 42.5 Å². The maximum Gasteiger partial charge on any atom is 0.221 e. The molecular weight excluding hydrogens is 274 g/mol. The molecule has 1 unspecified atom stereocenters. The lowest BCUT2D eigenvalue weighted by molar-refractivity contribution is -0.114.